The van der Waals surface area contributed by atoms with Crippen molar-refractivity contribution in [1.82, 2.24) is 5.32 Å². The maximum Gasteiger partial charge on any atom is 0.223 e. The van der Waals surface area contributed by atoms with Gasteiger partial charge in [0.2, 0.25) is 5.91 Å². The number of hydrogen-bond acceptors (Lipinski definition) is 2. The highest BCUT2D eigenvalue weighted by Crippen LogP contribution is 2.50. The first-order chi connectivity index (χ1) is 11.1. The van der Waals surface area contributed by atoms with Crippen LogP contribution < -0.4 is 11.1 Å². The molecule has 3 saturated carbocycles. The molecule has 4 unspecified atom stereocenters. The van der Waals surface area contributed by atoms with Gasteiger partial charge in [0.25, 0.3) is 0 Å². The van der Waals surface area contributed by atoms with E-state index in [0.29, 0.717) is 29.8 Å². The average Bonchev–Trinajstić information content (AvgIpc) is 3.29. The lowest BCUT2D eigenvalue weighted by Crippen LogP contribution is -2.54. The van der Waals surface area contributed by atoms with Crippen molar-refractivity contribution in [3.05, 3.63) is 34.9 Å². The zero-order chi connectivity index (χ0) is 16.0. The number of nitrogens with two attached hydrogens (primary N) is 1. The van der Waals surface area contributed by atoms with Gasteiger partial charge in [-0.2, -0.15) is 0 Å². The quantitative estimate of drug-likeness (QED) is 0.890. The van der Waals surface area contributed by atoms with Gasteiger partial charge in [0.15, 0.2) is 0 Å². The van der Waals surface area contributed by atoms with Crippen LogP contribution in [0.2, 0.25) is 5.02 Å². The summed E-state index contributed by atoms with van der Waals surface area (Å²) >= 11 is 6.27. The Bertz CT molecular complexity index is 591. The summed E-state index contributed by atoms with van der Waals surface area (Å²) in [5.41, 5.74) is 7.30. The molecule has 0 heterocycles. The van der Waals surface area contributed by atoms with Crippen molar-refractivity contribution in [2.75, 3.05) is 0 Å². The molecule has 0 aromatic heterocycles. The van der Waals surface area contributed by atoms with Gasteiger partial charge in [0, 0.05) is 23.0 Å². The van der Waals surface area contributed by atoms with Crippen molar-refractivity contribution in [2.45, 2.75) is 56.5 Å². The first kappa shape index (κ1) is 15.5. The minimum absolute atomic E-state index is 0.103. The molecule has 1 aromatic carbocycles. The summed E-state index contributed by atoms with van der Waals surface area (Å²) in [7, 11) is 0. The number of carbonyl (C=O) groups is 1. The molecule has 3 aliphatic rings. The number of nitrogens with one attached hydrogen (secondary N) is 1. The van der Waals surface area contributed by atoms with E-state index in [1.54, 1.807) is 0 Å². The summed E-state index contributed by atoms with van der Waals surface area (Å²) < 4.78 is 0. The lowest BCUT2D eigenvalue weighted by molar-refractivity contribution is -0.124. The average molecular weight is 333 g/mol. The van der Waals surface area contributed by atoms with Gasteiger partial charge in [-0.3, -0.25) is 4.79 Å². The molecule has 4 heteroatoms. The van der Waals surface area contributed by atoms with Crippen molar-refractivity contribution in [2.24, 2.45) is 23.5 Å². The normalized spacial score (nSPS) is 38.9. The second-order valence-corrected chi connectivity index (χ2v) is 8.09. The Morgan fingerprint density at radius 1 is 1.13 bits per heavy atom. The van der Waals surface area contributed by atoms with Gasteiger partial charge < -0.3 is 11.1 Å². The largest absolute Gasteiger partial charge is 0.353 e. The summed E-state index contributed by atoms with van der Waals surface area (Å²) in [4.78, 5) is 12.7. The highest BCUT2D eigenvalue weighted by Gasteiger charge is 2.47. The van der Waals surface area contributed by atoms with Gasteiger partial charge in [-0.05, 0) is 61.5 Å². The number of carbonyl (C=O) groups excluding carboxylic acids is 1. The molecule has 124 valence electrons. The van der Waals surface area contributed by atoms with E-state index in [-0.39, 0.29) is 11.8 Å². The number of amides is 1. The highest BCUT2D eigenvalue weighted by atomic mass is 35.5. The van der Waals surface area contributed by atoms with E-state index in [2.05, 4.69) is 11.4 Å². The van der Waals surface area contributed by atoms with Gasteiger partial charge in [-0.15, -0.1) is 0 Å². The molecule has 3 N–H and O–H groups in total. The third-order valence-electron chi connectivity index (χ3n) is 6.12. The van der Waals surface area contributed by atoms with Crippen LogP contribution in [0.1, 0.15) is 50.0 Å². The minimum Gasteiger partial charge on any atom is -0.353 e. The molecule has 0 spiro atoms. The molecule has 3 aliphatic carbocycles. The van der Waals surface area contributed by atoms with Crippen LogP contribution in [0.5, 0.6) is 0 Å². The van der Waals surface area contributed by atoms with Crippen molar-refractivity contribution in [3.63, 3.8) is 0 Å². The Morgan fingerprint density at radius 2 is 1.83 bits per heavy atom. The number of benzene rings is 1. The molecule has 4 rings (SSSR count). The maximum atomic E-state index is 12.7. The Kier molecular flexibility index (Phi) is 4.10. The van der Waals surface area contributed by atoms with E-state index >= 15 is 0 Å². The molecule has 4 atom stereocenters. The van der Waals surface area contributed by atoms with E-state index < -0.39 is 0 Å². The zero-order valence-corrected chi connectivity index (χ0v) is 14.1. The Labute approximate surface area is 143 Å². The molecule has 1 amide bonds. The standard InChI is InChI=1S/C19H25ClN2O/c20-17-7-2-1-6-14(17)15-10-16(15)19(23)22-18-11-4-3-5-12(18)9-13(21)8-11/h1-2,6-7,11-13,15-16,18H,3-5,8-10,21H2,(H,22,23). The number of halogens is 1. The van der Waals surface area contributed by atoms with Crippen LogP contribution in [0, 0.1) is 17.8 Å². The third-order valence-corrected chi connectivity index (χ3v) is 6.46. The zero-order valence-electron chi connectivity index (χ0n) is 13.4. The highest BCUT2D eigenvalue weighted by molar-refractivity contribution is 6.31. The van der Waals surface area contributed by atoms with Gasteiger partial charge >= 0.3 is 0 Å². The SMILES string of the molecule is NC1CC2CCCC(C1)C2NC(=O)C1CC1c1ccccc1Cl. The first-order valence-corrected chi connectivity index (χ1v) is 9.31. The van der Waals surface area contributed by atoms with Crippen LogP contribution in [-0.4, -0.2) is 18.0 Å². The minimum atomic E-state index is 0.103. The van der Waals surface area contributed by atoms with Gasteiger partial charge in [-0.25, -0.2) is 0 Å². The number of fused-ring (bicyclic) bond motifs is 2. The summed E-state index contributed by atoms with van der Waals surface area (Å²) in [5, 5.41) is 4.17. The van der Waals surface area contributed by atoms with Gasteiger partial charge in [0.1, 0.15) is 0 Å². The van der Waals surface area contributed by atoms with Crippen LogP contribution in [0.3, 0.4) is 0 Å². The molecular weight excluding hydrogens is 308 g/mol. The van der Waals surface area contributed by atoms with Crippen LogP contribution in [0.25, 0.3) is 0 Å². The number of hydrogen-bond donors (Lipinski definition) is 2. The molecule has 3 fully saturated rings. The monoisotopic (exact) mass is 332 g/mol. The van der Waals surface area contributed by atoms with Crippen LogP contribution >= 0.6 is 11.6 Å². The lowest BCUT2D eigenvalue weighted by atomic mass is 9.67. The van der Waals surface area contributed by atoms with E-state index in [1.807, 2.05) is 18.2 Å². The Morgan fingerprint density at radius 3 is 2.52 bits per heavy atom. The smallest absolute Gasteiger partial charge is 0.223 e. The predicted octanol–water partition coefficient (Wildman–Crippen LogP) is 3.47. The second-order valence-electron chi connectivity index (χ2n) is 7.69. The second kappa shape index (κ2) is 6.10. The molecule has 1 aromatic rings. The fourth-order valence-electron chi connectivity index (χ4n) is 4.90. The summed E-state index contributed by atoms with van der Waals surface area (Å²) in [6.45, 7) is 0. The van der Waals surface area contributed by atoms with Gasteiger partial charge in [0.05, 0.1) is 0 Å². The topological polar surface area (TPSA) is 55.1 Å². The molecule has 0 aliphatic heterocycles. The fourth-order valence-corrected chi connectivity index (χ4v) is 5.18. The van der Waals surface area contributed by atoms with E-state index in [1.165, 1.54) is 19.3 Å². The van der Waals surface area contributed by atoms with Crippen molar-refractivity contribution in [1.29, 1.82) is 0 Å². The summed E-state index contributed by atoms with van der Waals surface area (Å²) in [6.07, 6.45) is 6.79. The molecule has 23 heavy (non-hydrogen) atoms. The van der Waals surface area contributed by atoms with E-state index in [9.17, 15) is 4.79 Å². The van der Waals surface area contributed by atoms with Gasteiger partial charge in [-0.1, -0.05) is 36.2 Å². The predicted molar refractivity (Wildman–Crippen MR) is 92.3 cm³/mol. The maximum absolute atomic E-state index is 12.7. The molecular formula is C19H25ClN2O. The summed E-state index contributed by atoms with van der Waals surface area (Å²) in [5.74, 6) is 1.80. The van der Waals surface area contributed by atoms with Crippen molar-refractivity contribution < 1.29 is 4.79 Å². The molecule has 0 saturated heterocycles. The van der Waals surface area contributed by atoms with Crippen molar-refractivity contribution >= 4 is 17.5 Å². The van der Waals surface area contributed by atoms with Crippen molar-refractivity contribution in [3.8, 4) is 0 Å². The Hall–Kier alpha value is -1.06. The summed E-state index contributed by atoms with van der Waals surface area (Å²) in [6, 6.07) is 8.59. The van der Waals surface area contributed by atoms with Crippen LogP contribution in [0.15, 0.2) is 24.3 Å². The lowest BCUT2D eigenvalue weighted by Gasteiger charge is -2.45. The molecule has 3 nitrogen and oxygen atoms in total. The first-order valence-electron chi connectivity index (χ1n) is 8.94. The number of rotatable bonds is 3. The molecule has 2 bridgehead atoms. The fraction of sp³-hybridized carbons (Fsp3) is 0.632. The Balaban J connectivity index is 1.41. The third kappa shape index (κ3) is 3.01. The molecule has 0 radical (unpaired) electrons. The van der Waals surface area contributed by atoms with Crippen LogP contribution in [-0.2, 0) is 4.79 Å². The van der Waals surface area contributed by atoms with E-state index in [0.717, 1.165) is 29.8 Å². The van der Waals surface area contributed by atoms with E-state index in [4.69, 9.17) is 17.3 Å². The van der Waals surface area contributed by atoms with Crippen LogP contribution in [0.4, 0.5) is 0 Å².